The van der Waals surface area contributed by atoms with Crippen molar-refractivity contribution >= 4 is 23.4 Å². The zero-order valence-corrected chi connectivity index (χ0v) is 14.6. The van der Waals surface area contributed by atoms with E-state index in [1.165, 1.54) is 11.8 Å². The number of methoxy groups -OCH3 is 1. The number of ether oxygens (including phenoxy) is 1. The number of nitrogens with two attached hydrogens (primary N) is 1. The monoisotopic (exact) mass is 347 g/mol. The summed E-state index contributed by atoms with van der Waals surface area (Å²) in [6.45, 7) is 3.86. The second kappa shape index (κ2) is 7.59. The Morgan fingerprint density at radius 3 is 2.38 bits per heavy atom. The Bertz CT molecular complexity index is 731. The fraction of sp³-hybridized carbons (Fsp3) is 0.278. The van der Waals surface area contributed by atoms with E-state index in [2.05, 4.69) is 0 Å². The SMILES string of the molecule is COc1ccc(C(Sc2cc(C)cc(C)c2N)C(O)C(=O)O)cc1. The highest BCUT2D eigenvalue weighted by Gasteiger charge is 2.29. The summed E-state index contributed by atoms with van der Waals surface area (Å²) in [5.74, 6) is -0.607. The molecule has 0 fully saturated rings. The molecule has 2 atom stereocenters. The van der Waals surface area contributed by atoms with Crippen LogP contribution >= 0.6 is 11.8 Å². The molecule has 0 aliphatic heterocycles. The first-order valence-corrected chi connectivity index (χ1v) is 8.29. The highest BCUT2D eigenvalue weighted by molar-refractivity contribution is 7.99. The fourth-order valence-electron chi connectivity index (χ4n) is 2.41. The number of hydrogen-bond donors (Lipinski definition) is 3. The maximum absolute atomic E-state index is 11.3. The number of nitrogen functional groups attached to an aromatic ring is 1. The van der Waals surface area contributed by atoms with Gasteiger partial charge in [0, 0.05) is 10.6 Å². The van der Waals surface area contributed by atoms with Gasteiger partial charge in [-0.1, -0.05) is 18.2 Å². The predicted octanol–water partition coefficient (Wildman–Crippen LogP) is 3.17. The van der Waals surface area contributed by atoms with Gasteiger partial charge in [0.1, 0.15) is 5.75 Å². The van der Waals surface area contributed by atoms with Crippen LogP contribution in [0.4, 0.5) is 5.69 Å². The Balaban J connectivity index is 2.41. The quantitative estimate of drug-likeness (QED) is 0.549. The lowest BCUT2D eigenvalue weighted by Gasteiger charge is -2.22. The third-order valence-electron chi connectivity index (χ3n) is 3.73. The lowest BCUT2D eigenvalue weighted by Crippen LogP contribution is -2.26. The molecule has 5 nitrogen and oxygen atoms in total. The number of rotatable bonds is 6. The molecule has 2 unspecified atom stereocenters. The average Bonchev–Trinajstić information content (AvgIpc) is 2.56. The molecule has 2 aromatic rings. The van der Waals surface area contributed by atoms with E-state index in [-0.39, 0.29) is 0 Å². The van der Waals surface area contributed by atoms with Gasteiger partial charge in [0.05, 0.1) is 12.4 Å². The molecule has 0 radical (unpaired) electrons. The molecule has 0 heterocycles. The number of aliphatic carboxylic acids is 1. The highest BCUT2D eigenvalue weighted by atomic mass is 32.2. The molecule has 0 saturated carbocycles. The van der Waals surface area contributed by atoms with Crippen LogP contribution in [0, 0.1) is 13.8 Å². The van der Waals surface area contributed by atoms with Crippen LogP contribution in [0.5, 0.6) is 5.75 Å². The molecule has 0 spiro atoms. The number of anilines is 1. The molecule has 0 aliphatic carbocycles. The molecule has 4 N–H and O–H groups in total. The van der Waals surface area contributed by atoms with Crippen LogP contribution < -0.4 is 10.5 Å². The van der Waals surface area contributed by atoms with E-state index in [9.17, 15) is 15.0 Å². The molecule has 0 saturated heterocycles. The Hall–Kier alpha value is -2.18. The standard InChI is InChI=1S/C18H21NO4S/c1-10-8-11(2)15(19)14(9-10)24-17(16(20)18(21)22)12-4-6-13(23-3)7-5-12/h4-9,16-17,20H,19H2,1-3H3,(H,21,22). The molecule has 2 rings (SSSR count). The van der Waals surface area contributed by atoms with Crippen molar-refractivity contribution in [3.8, 4) is 5.75 Å². The summed E-state index contributed by atoms with van der Waals surface area (Å²) in [4.78, 5) is 12.1. The van der Waals surface area contributed by atoms with Crippen LogP contribution in [0.2, 0.25) is 0 Å². The minimum atomic E-state index is -1.55. The van der Waals surface area contributed by atoms with Gasteiger partial charge in [-0.05, 0) is 48.7 Å². The Kier molecular flexibility index (Phi) is 5.75. The van der Waals surface area contributed by atoms with Gasteiger partial charge in [-0.2, -0.15) is 0 Å². The number of carbonyl (C=O) groups is 1. The molecule has 0 aliphatic rings. The number of carboxylic acid groups (broad SMARTS) is 1. The topological polar surface area (TPSA) is 92.8 Å². The van der Waals surface area contributed by atoms with Crippen LogP contribution in [0.1, 0.15) is 21.9 Å². The summed E-state index contributed by atoms with van der Waals surface area (Å²) in [5.41, 5.74) is 9.37. The van der Waals surface area contributed by atoms with Gasteiger partial charge in [0.15, 0.2) is 6.10 Å². The molecule has 6 heteroatoms. The van der Waals surface area contributed by atoms with Gasteiger partial charge in [0.25, 0.3) is 0 Å². The van der Waals surface area contributed by atoms with Gasteiger partial charge in [-0.15, -0.1) is 11.8 Å². The van der Waals surface area contributed by atoms with E-state index in [0.717, 1.165) is 16.0 Å². The Labute approximate surface area is 145 Å². The van der Waals surface area contributed by atoms with Crippen molar-refractivity contribution in [1.82, 2.24) is 0 Å². The molecule has 0 bridgehead atoms. The summed E-state index contributed by atoms with van der Waals surface area (Å²) in [6, 6.07) is 10.8. The summed E-state index contributed by atoms with van der Waals surface area (Å²) < 4.78 is 5.12. The summed E-state index contributed by atoms with van der Waals surface area (Å²) in [7, 11) is 1.56. The van der Waals surface area contributed by atoms with Crippen LogP contribution in [0.15, 0.2) is 41.3 Å². The molecule has 2 aromatic carbocycles. The van der Waals surface area contributed by atoms with E-state index >= 15 is 0 Å². The van der Waals surface area contributed by atoms with Crippen molar-refractivity contribution in [2.45, 2.75) is 30.1 Å². The van der Waals surface area contributed by atoms with Crippen LogP contribution in [0.25, 0.3) is 0 Å². The summed E-state index contributed by atoms with van der Waals surface area (Å²) in [6.07, 6.45) is -1.55. The van der Waals surface area contributed by atoms with E-state index in [0.29, 0.717) is 17.0 Å². The zero-order chi connectivity index (χ0) is 17.9. The smallest absolute Gasteiger partial charge is 0.334 e. The second-order valence-corrected chi connectivity index (χ2v) is 6.77. The Morgan fingerprint density at radius 1 is 1.21 bits per heavy atom. The van der Waals surface area contributed by atoms with Crippen molar-refractivity contribution in [3.63, 3.8) is 0 Å². The van der Waals surface area contributed by atoms with Crippen LogP contribution in [0.3, 0.4) is 0 Å². The van der Waals surface area contributed by atoms with Gasteiger partial charge in [0.2, 0.25) is 0 Å². The lowest BCUT2D eigenvalue weighted by atomic mass is 10.1. The average molecular weight is 347 g/mol. The van der Waals surface area contributed by atoms with Crippen molar-refractivity contribution in [2.24, 2.45) is 0 Å². The maximum Gasteiger partial charge on any atom is 0.334 e. The van der Waals surface area contributed by atoms with Crippen molar-refractivity contribution in [1.29, 1.82) is 0 Å². The number of aliphatic hydroxyl groups is 1. The molecule has 0 aromatic heterocycles. The van der Waals surface area contributed by atoms with Gasteiger partial charge in [-0.25, -0.2) is 4.79 Å². The minimum absolute atomic E-state index is 0.599. The third kappa shape index (κ3) is 4.01. The number of benzene rings is 2. The fourth-order valence-corrected chi connectivity index (χ4v) is 3.77. The van der Waals surface area contributed by atoms with Gasteiger partial charge >= 0.3 is 5.97 Å². The second-order valence-electron chi connectivity index (χ2n) is 5.59. The van der Waals surface area contributed by atoms with Crippen molar-refractivity contribution in [3.05, 3.63) is 53.1 Å². The lowest BCUT2D eigenvalue weighted by molar-refractivity contribution is -0.146. The first kappa shape index (κ1) is 18.2. The molecule has 24 heavy (non-hydrogen) atoms. The number of hydrogen-bond acceptors (Lipinski definition) is 5. The maximum atomic E-state index is 11.3. The third-order valence-corrected chi connectivity index (χ3v) is 5.11. The van der Waals surface area contributed by atoms with Crippen LogP contribution in [-0.2, 0) is 4.79 Å². The molecule has 128 valence electrons. The number of carboxylic acids is 1. The first-order chi connectivity index (χ1) is 11.3. The first-order valence-electron chi connectivity index (χ1n) is 7.41. The van der Waals surface area contributed by atoms with E-state index in [1.54, 1.807) is 31.4 Å². The van der Waals surface area contributed by atoms with Crippen molar-refractivity contribution < 1.29 is 19.7 Å². The molecular formula is C18H21NO4S. The molecular weight excluding hydrogens is 326 g/mol. The minimum Gasteiger partial charge on any atom is -0.497 e. The van der Waals surface area contributed by atoms with E-state index in [1.807, 2.05) is 26.0 Å². The normalized spacial score (nSPS) is 13.3. The van der Waals surface area contributed by atoms with E-state index in [4.69, 9.17) is 10.5 Å². The van der Waals surface area contributed by atoms with Gasteiger partial charge in [-0.3, -0.25) is 0 Å². The van der Waals surface area contributed by atoms with Crippen molar-refractivity contribution in [2.75, 3.05) is 12.8 Å². The number of aliphatic hydroxyl groups excluding tert-OH is 1. The summed E-state index contributed by atoms with van der Waals surface area (Å²) >= 11 is 1.25. The highest BCUT2D eigenvalue weighted by Crippen LogP contribution is 2.42. The largest absolute Gasteiger partial charge is 0.497 e. The number of thioether (sulfide) groups is 1. The Morgan fingerprint density at radius 2 is 1.83 bits per heavy atom. The zero-order valence-electron chi connectivity index (χ0n) is 13.8. The van der Waals surface area contributed by atoms with E-state index < -0.39 is 17.3 Å². The summed E-state index contributed by atoms with van der Waals surface area (Å²) in [5, 5.41) is 18.7. The molecule has 0 amide bonds. The number of aryl methyl sites for hydroxylation is 2. The predicted molar refractivity (Wildman–Crippen MR) is 95.6 cm³/mol. The van der Waals surface area contributed by atoms with Gasteiger partial charge < -0.3 is 20.7 Å². The van der Waals surface area contributed by atoms with Crippen LogP contribution in [-0.4, -0.2) is 29.4 Å².